The van der Waals surface area contributed by atoms with Crippen molar-refractivity contribution >= 4 is 18.0 Å². The third-order valence-electron chi connectivity index (χ3n) is 3.75. The van der Waals surface area contributed by atoms with Crippen LogP contribution in [0.2, 0.25) is 0 Å². The lowest BCUT2D eigenvalue weighted by Gasteiger charge is -2.26. The van der Waals surface area contributed by atoms with Gasteiger partial charge in [-0.15, -0.1) is 0 Å². The standard InChI is InChI=1S/C14H26N2O3.C2H4O/c1-11(5-3-8-15-2)14(19)16-9-4-6-12(16)13(18)7-10-17;1-2-3/h11-12,15,17H,3-10H2,1-2H3;2H,1H3. The quantitative estimate of drug-likeness (QED) is 0.510. The molecule has 0 aromatic heterocycles. The van der Waals surface area contributed by atoms with Crippen LogP contribution in [0.25, 0.3) is 0 Å². The Balaban J connectivity index is 0.00000135. The van der Waals surface area contributed by atoms with Gasteiger partial charge >= 0.3 is 0 Å². The highest BCUT2D eigenvalue weighted by molar-refractivity contribution is 5.90. The normalized spacial score (nSPS) is 18.4. The van der Waals surface area contributed by atoms with E-state index in [4.69, 9.17) is 9.90 Å². The molecule has 2 unspecified atom stereocenters. The van der Waals surface area contributed by atoms with Gasteiger partial charge in [-0.1, -0.05) is 6.92 Å². The van der Waals surface area contributed by atoms with Crippen LogP contribution in [-0.2, 0) is 14.4 Å². The number of nitrogens with one attached hydrogen (secondary N) is 1. The number of Topliss-reactive ketones (excluding diaryl/α,β-unsaturated/α-hetero) is 1. The summed E-state index contributed by atoms with van der Waals surface area (Å²) in [4.78, 5) is 34.8. The summed E-state index contributed by atoms with van der Waals surface area (Å²) in [6.45, 7) is 4.83. The maximum atomic E-state index is 12.3. The van der Waals surface area contributed by atoms with Crippen molar-refractivity contribution in [1.82, 2.24) is 10.2 Å². The molecule has 1 amide bonds. The van der Waals surface area contributed by atoms with Crippen molar-refractivity contribution < 1.29 is 19.5 Å². The molecule has 1 heterocycles. The van der Waals surface area contributed by atoms with E-state index in [1.807, 2.05) is 14.0 Å². The first-order valence-corrected chi connectivity index (χ1v) is 8.01. The summed E-state index contributed by atoms with van der Waals surface area (Å²) in [6, 6.07) is -0.300. The lowest BCUT2D eigenvalue weighted by Crippen LogP contribution is -2.43. The molecule has 6 heteroatoms. The fourth-order valence-electron chi connectivity index (χ4n) is 2.63. The van der Waals surface area contributed by atoms with Crippen LogP contribution < -0.4 is 5.32 Å². The zero-order chi connectivity index (χ0) is 17.0. The van der Waals surface area contributed by atoms with Crippen molar-refractivity contribution in [2.24, 2.45) is 5.92 Å². The topological polar surface area (TPSA) is 86.7 Å². The van der Waals surface area contributed by atoms with Gasteiger partial charge in [0.2, 0.25) is 5.91 Å². The van der Waals surface area contributed by atoms with Gasteiger partial charge in [-0.05, 0) is 46.2 Å². The number of hydrogen-bond donors (Lipinski definition) is 2. The Morgan fingerprint density at radius 3 is 2.64 bits per heavy atom. The fraction of sp³-hybridized carbons (Fsp3) is 0.812. The predicted molar refractivity (Wildman–Crippen MR) is 85.5 cm³/mol. The summed E-state index contributed by atoms with van der Waals surface area (Å²) in [5.74, 6) is 0.0524. The van der Waals surface area contributed by atoms with Gasteiger partial charge in [0.05, 0.1) is 12.6 Å². The zero-order valence-corrected chi connectivity index (χ0v) is 14.0. The number of carbonyl (C=O) groups excluding carboxylic acids is 3. The molecule has 1 aliphatic rings. The number of aliphatic hydroxyl groups excluding tert-OH is 1. The van der Waals surface area contributed by atoms with Crippen LogP contribution in [0, 0.1) is 5.92 Å². The molecule has 0 aromatic carbocycles. The third-order valence-corrected chi connectivity index (χ3v) is 3.75. The van der Waals surface area contributed by atoms with E-state index in [0.717, 1.165) is 38.5 Å². The van der Waals surface area contributed by atoms with E-state index in [1.54, 1.807) is 4.90 Å². The lowest BCUT2D eigenvalue weighted by molar-refractivity contribution is -0.140. The average Bonchev–Trinajstić information content (AvgIpc) is 2.97. The maximum Gasteiger partial charge on any atom is 0.226 e. The highest BCUT2D eigenvalue weighted by atomic mass is 16.3. The molecule has 0 radical (unpaired) electrons. The second kappa shape index (κ2) is 12.3. The lowest BCUT2D eigenvalue weighted by atomic mass is 10.0. The van der Waals surface area contributed by atoms with Crippen LogP contribution in [0.5, 0.6) is 0 Å². The number of aliphatic hydroxyl groups is 1. The van der Waals surface area contributed by atoms with Gasteiger partial charge < -0.3 is 20.1 Å². The minimum absolute atomic E-state index is 0.00391. The molecule has 1 fully saturated rings. The van der Waals surface area contributed by atoms with E-state index < -0.39 is 0 Å². The fourth-order valence-corrected chi connectivity index (χ4v) is 2.63. The van der Waals surface area contributed by atoms with E-state index in [9.17, 15) is 9.59 Å². The van der Waals surface area contributed by atoms with Crippen molar-refractivity contribution in [3.05, 3.63) is 0 Å². The van der Waals surface area contributed by atoms with Crippen LogP contribution in [0.1, 0.15) is 46.0 Å². The molecule has 0 spiro atoms. The van der Waals surface area contributed by atoms with Crippen molar-refractivity contribution in [2.45, 2.75) is 52.0 Å². The van der Waals surface area contributed by atoms with Crippen LogP contribution in [0.15, 0.2) is 0 Å². The minimum atomic E-state index is -0.300. The Kier molecular flexibility index (Phi) is 11.6. The van der Waals surface area contributed by atoms with E-state index in [0.29, 0.717) is 6.54 Å². The summed E-state index contributed by atoms with van der Waals surface area (Å²) in [6.07, 6.45) is 4.34. The number of carbonyl (C=O) groups is 3. The number of rotatable bonds is 8. The second-order valence-corrected chi connectivity index (χ2v) is 5.51. The van der Waals surface area contributed by atoms with Crippen LogP contribution in [-0.4, -0.2) is 60.8 Å². The van der Waals surface area contributed by atoms with Crippen molar-refractivity contribution in [3.8, 4) is 0 Å². The molecule has 2 atom stereocenters. The van der Waals surface area contributed by atoms with Crippen molar-refractivity contribution in [1.29, 1.82) is 0 Å². The van der Waals surface area contributed by atoms with Gasteiger partial charge in [-0.3, -0.25) is 9.59 Å². The Hall–Kier alpha value is -1.27. The summed E-state index contributed by atoms with van der Waals surface area (Å²) in [5.41, 5.74) is 0. The second-order valence-electron chi connectivity index (χ2n) is 5.51. The number of likely N-dealkylation sites (tertiary alicyclic amines) is 1. The van der Waals surface area contributed by atoms with E-state index >= 15 is 0 Å². The smallest absolute Gasteiger partial charge is 0.226 e. The molecule has 0 aliphatic carbocycles. The average molecular weight is 314 g/mol. The number of nitrogens with zero attached hydrogens (tertiary/aromatic N) is 1. The molecule has 0 aromatic rings. The van der Waals surface area contributed by atoms with Crippen LogP contribution >= 0.6 is 0 Å². The first-order chi connectivity index (χ1) is 10.5. The largest absolute Gasteiger partial charge is 0.396 e. The molecule has 0 bridgehead atoms. The predicted octanol–water partition coefficient (Wildman–Crippen LogP) is 0.770. The van der Waals surface area contributed by atoms with Gasteiger partial charge in [0.15, 0.2) is 5.78 Å². The molecule has 6 nitrogen and oxygen atoms in total. The number of amides is 1. The molecule has 1 aliphatic heterocycles. The summed E-state index contributed by atoms with van der Waals surface area (Å²) in [5, 5.41) is 11.9. The molecule has 1 rings (SSSR count). The molecule has 0 saturated carbocycles. The van der Waals surface area contributed by atoms with E-state index in [1.165, 1.54) is 6.92 Å². The van der Waals surface area contributed by atoms with E-state index in [2.05, 4.69) is 5.32 Å². The van der Waals surface area contributed by atoms with Gasteiger partial charge in [-0.25, -0.2) is 0 Å². The molecule has 128 valence electrons. The molecule has 2 N–H and O–H groups in total. The van der Waals surface area contributed by atoms with Gasteiger partial charge in [0, 0.05) is 18.9 Å². The number of ketones is 1. The number of hydrogen-bond acceptors (Lipinski definition) is 5. The summed E-state index contributed by atoms with van der Waals surface area (Å²) < 4.78 is 0. The minimum Gasteiger partial charge on any atom is -0.396 e. The summed E-state index contributed by atoms with van der Waals surface area (Å²) >= 11 is 0. The van der Waals surface area contributed by atoms with Crippen LogP contribution in [0.3, 0.4) is 0 Å². The van der Waals surface area contributed by atoms with Crippen LogP contribution in [0.4, 0.5) is 0 Å². The zero-order valence-electron chi connectivity index (χ0n) is 14.0. The highest BCUT2D eigenvalue weighted by Crippen LogP contribution is 2.22. The Morgan fingerprint density at radius 2 is 2.09 bits per heavy atom. The Morgan fingerprint density at radius 1 is 1.45 bits per heavy atom. The number of aldehydes is 1. The first-order valence-electron chi connectivity index (χ1n) is 8.01. The van der Waals surface area contributed by atoms with Gasteiger partial charge in [0.25, 0.3) is 0 Å². The SMILES string of the molecule is CC=O.CNCCCC(C)C(=O)N1CCCC1C(=O)CCO. The monoisotopic (exact) mass is 314 g/mol. The first kappa shape index (κ1) is 20.7. The van der Waals surface area contributed by atoms with Gasteiger partial charge in [-0.2, -0.15) is 0 Å². The third kappa shape index (κ3) is 7.13. The maximum absolute atomic E-state index is 12.3. The Labute approximate surface area is 133 Å². The summed E-state index contributed by atoms with van der Waals surface area (Å²) in [7, 11) is 1.90. The van der Waals surface area contributed by atoms with Crippen molar-refractivity contribution in [2.75, 3.05) is 26.7 Å². The molecule has 1 saturated heterocycles. The Bertz CT molecular complexity index is 347. The molecular weight excluding hydrogens is 284 g/mol. The molecule has 22 heavy (non-hydrogen) atoms. The van der Waals surface area contributed by atoms with Gasteiger partial charge in [0.1, 0.15) is 6.29 Å². The van der Waals surface area contributed by atoms with E-state index in [-0.39, 0.29) is 36.7 Å². The van der Waals surface area contributed by atoms with Crippen molar-refractivity contribution in [3.63, 3.8) is 0 Å². The highest BCUT2D eigenvalue weighted by Gasteiger charge is 2.34. The molecular formula is C16H30N2O4.